The average Bonchev–Trinajstić information content (AvgIpc) is 2.71. The summed E-state index contributed by atoms with van der Waals surface area (Å²) in [5.74, 6) is 0.445. The number of carbonyl (C=O) groups excluding carboxylic acids is 2. The highest BCUT2D eigenvalue weighted by Gasteiger charge is 2.22. The van der Waals surface area contributed by atoms with Gasteiger partial charge in [0.25, 0.3) is 0 Å². The monoisotopic (exact) mass is 381 g/mol. The second-order valence-electron chi connectivity index (χ2n) is 7.11. The number of hydrogen-bond donors (Lipinski definition) is 1. The van der Waals surface area contributed by atoms with Crippen LogP contribution < -0.4 is 10.5 Å². The number of benzene rings is 2. The van der Waals surface area contributed by atoms with Crippen LogP contribution in [0.2, 0.25) is 0 Å². The molecule has 1 aliphatic rings. The Morgan fingerprint density at radius 1 is 1.14 bits per heavy atom. The predicted octanol–water partition coefficient (Wildman–Crippen LogP) is 1.96. The summed E-state index contributed by atoms with van der Waals surface area (Å²) in [7, 11) is 1.66. The van der Waals surface area contributed by atoms with Gasteiger partial charge < -0.3 is 15.4 Å². The van der Waals surface area contributed by atoms with Gasteiger partial charge in [0.05, 0.1) is 13.7 Å². The molecule has 6 heteroatoms. The molecule has 2 amide bonds. The fourth-order valence-corrected chi connectivity index (χ4v) is 3.49. The van der Waals surface area contributed by atoms with Gasteiger partial charge in [0.1, 0.15) is 5.75 Å². The molecule has 0 spiro atoms. The maximum atomic E-state index is 13.0. The maximum Gasteiger partial charge on any atom is 0.237 e. The van der Waals surface area contributed by atoms with E-state index in [1.54, 1.807) is 12.0 Å². The molecule has 0 saturated carbocycles. The number of carbonyl (C=O) groups is 2. The molecule has 3 rings (SSSR count). The van der Waals surface area contributed by atoms with E-state index in [4.69, 9.17) is 10.5 Å². The molecule has 0 fully saturated rings. The topological polar surface area (TPSA) is 75.9 Å². The van der Waals surface area contributed by atoms with E-state index < -0.39 is 5.91 Å². The van der Waals surface area contributed by atoms with E-state index in [0.29, 0.717) is 26.2 Å². The molecule has 0 aliphatic carbocycles. The fraction of sp³-hybridized carbons (Fsp3) is 0.364. The molecule has 0 unspecified atom stereocenters. The zero-order valence-electron chi connectivity index (χ0n) is 16.3. The minimum absolute atomic E-state index is 0.0106. The van der Waals surface area contributed by atoms with Gasteiger partial charge in [-0.15, -0.1) is 0 Å². The van der Waals surface area contributed by atoms with Gasteiger partial charge >= 0.3 is 0 Å². The van der Waals surface area contributed by atoms with Crippen molar-refractivity contribution in [3.05, 3.63) is 65.2 Å². The summed E-state index contributed by atoms with van der Waals surface area (Å²) in [5, 5.41) is 0. The number of nitrogens with zero attached hydrogens (tertiary/aromatic N) is 2. The first-order valence-corrected chi connectivity index (χ1v) is 9.53. The smallest absolute Gasteiger partial charge is 0.237 e. The molecule has 6 nitrogen and oxygen atoms in total. The SMILES string of the molecule is COc1ccc2c(c1)CN(CC(=O)N(CCC(N)=O)Cc1ccccc1)CC2. The first-order valence-electron chi connectivity index (χ1n) is 9.53. The highest BCUT2D eigenvalue weighted by molar-refractivity contribution is 5.79. The van der Waals surface area contributed by atoms with E-state index in [1.165, 1.54) is 11.1 Å². The highest BCUT2D eigenvalue weighted by atomic mass is 16.5. The van der Waals surface area contributed by atoms with Crippen molar-refractivity contribution < 1.29 is 14.3 Å². The van der Waals surface area contributed by atoms with Crippen LogP contribution in [0.5, 0.6) is 5.75 Å². The molecule has 0 saturated heterocycles. The number of nitrogens with two attached hydrogens (primary N) is 1. The summed E-state index contributed by atoms with van der Waals surface area (Å²) < 4.78 is 5.32. The number of primary amides is 1. The number of ether oxygens (including phenoxy) is 1. The molecular formula is C22H27N3O3. The minimum Gasteiger partial charge on any atom is -0.497 e. The van der Waals surface area contributed by atoms with Crippen LogP contribution in [0.1, 0.15) is 23.1 Å². The van der Waals surface area contributed by atoms with Crippen LogP contribution in [0.15, 0.2) is 48.5 Å². The van der Waals surface area contributed by atoms with E-state index in [1.807, 2.05) is 42.5 Å². The van der Waals surface area contributed by atoms with Gasteiger partial charge in [-0.05, 0) is 35.2 Å². The number of rotatable bonds is 8. The predicted molar refractivity (Wildman–Crippen MR) is 108 cm³/mol. The average molecular weight is 381 g/mol. The molecule has 2 aromatic carbocycles. The molecule has 0 bridgehead atoms. The third kappa shape index (κ3) is 5.33. The molecule has 148 valence electrons. The van der Waals surface area contributed by atoms with Crippen molar-refractivity contribution in [2.24, 2.45) is 5.73 Å². The van der Waals surface area contributed by atoms with Crippen LogP contribution in [-0.4, -0.2) is 48.4 Å². The van der Waals surface area contributed by atoms with Crippen LogP contribution >= 0.6 is 0 Å². The summed E-state index contributed by atoms with van der Waals surface area (Å²) in [6.45, 7) is 2.68. The van der Waals surface area contributed by atoms with Gasteiger partial charge in [-0.2, -0.15) is 0 Å². The van der Waals surface area contributed by atoms with Crippen molar-refractivity contribution in [1.29, 1.82) is 0 Å². The largest absolute Gasteiger partial charge is 0.497 e. The minimum atomic E-state index is -0.398. The van der Waals surface area contributed by atoms with Gasteiger partial charge in [-0.3, -0.25) is 14.5 Å². The van der Waals surface area contributed by atoms with E-state index in [0.717, 1.165) is 24.3 Å². The van der Waals surface area contributed by atoms with Crippen molar-refractivity contribution in [3.8, 4) is 5.75 Å². The van der Waals surface area contributed by atoms with Gasteiger partial charge in [-0.1, -0.05) is 36.4 Å². The van der Waals surface area contributed by atoms with E-state index in [2.05, 4.69) is 11.0 Å². The lowest BCUT2D eigenvalue weighted by Gasteiger charge is -2.31. The molecule has 0 radical (unpaired) electrons. The van der Waals surface area contributed by atoms with Crippen molar-refractivity contribution in [3.63, 3.8) is 0 Å². The Labute approximate surface area is 165 Å². The van der Waals surface area contributed by atoms with Crippen molar-refractivity contribution in [2.45, 2.75) is 25.9 Å². The lowest BCUT2D eigenvalue weighted by molar-refractivity contribution is -0.133. The van der Waals surface area contributed by atoms with Gasteiger partial charge in [0.15, 0.2) is 0 Å². The number of fused-ring (bicyclic) bond motifs is 1. The Balaban J connectivity index is 1.66. The van der Waals surface area contributed by atoms with Gasteiger partial charge in [0, 0.05) is 32.6 Å². The van der Waals surface area contributed by atoms with E-state index >= 15 is 0 Å². The molecule has 2 N–H and O–H groups in total. The van der Waals surface area contributed by atoms with Crippen LogP contribution in [0, 0.1) is 0 Å². The van der Waals surface area contributed by atoms with Crippen LogP contribution in [0.4, 0.5) is 0 Å². The number of amides is 2. The fourth-order valence-electron chi connectivity index (χ4n) is 3.49. The number of hydrogen-bond acceptors (Lipinski definition) is 4. The summed E-state index contributed by atoms with van der Waals surface area (Å²) >= 11 is 0. The van der Waals surface area contributed by atoms with Crippen LogP contribution in [0.25, 0.3) is 0 Å². The van der Waals surface area contributed by atoms with E-state index in [9.17, 15) is 9.59 Å². The Bertz CT molecular complexity index is 823. The van der Waals surface area contributed by atoms with Crippen molar-refractivity contribution in [2.75, 3.05) is 26.7 Å². The molecular weight excluding hydrogens is 354 g/mol. The third-order valence-corrected chi connectivity index (χ3v) is 5.06. The first-order chi connectivity index (χ1) is 13.5. The van der Waals surface area contributed by atoms with Gasteiger partial charge in [0.2, 0.25) is 11.8 Å². The lowest BCUT2D eigenvalue weighted by atomic mass is 9.99. The molecule has 1 heterocycles. The Kier molecular flexibility index (Phi) is 6.66. The Morgan fingerprint density at radius 2 is 1.93 bits per heavy atom. The molecule has 1 aliphatic heterocycles. The summed E-state index contributed by atoms with van der Waals surface area (Å²) in [6.07, 6.45) is 1.07. The van der Waals surface area contributed by atoms with Crippen LogP contribution in [0.3, 0.4) is 0 Å². The van der Waals surface area contributed by atoms with E-state index in [-0.39, 0.29) is 12.3 Å². The Morgan fingerprint density at radius 3 is 2.64 bits per heavy atom. The zero-order valence-corrected chi connectivity index (χ0v) is 16.3. The quantitative estimate of drug-likeness (QED) is 0.758. The summed E-state index contributed by atoms with van der Waals surface area (Å²) in [5.41, 5.74) is 8.84. The van der Waals surface area contributed by atoms with Gasteiger partial charge in [-0.25, -0.2) is 0 Å². The lowest BCUT2D eigenvalue weighted by Crippen LogP contribution is -2.43. The normalized spacial score (nSPS) is 13.6. The van der Waals surface area contributed by atoms with Crippen molar-refractivity contribution in [1.82, 2.24) is 9.80 Å². The summed E-state index contributed by atoms with van der Waals surface area (Å²) in [4.78, 5) is 28.1. The summed E-state index contributed by atoms with van der Waals surface area (Å²) in [6, 6.07) is 15.9. The van der Waals surface area contributed by atoms with Crippen LogP contribution in [-0.2, 0) is 29.1 Å². The number of methoxy groups -OCH3 is 1. The maximum absolute atomic E-state index is 13.0. The van der Waals surface area contributed by atoms with Crippen molar-refractivity contribution >= 4 is 11.8 Å². The molecule has 0 atom stereocenters. The molecule has 28 heavy (non-hydrogen) atoms. The second-order valence-corrected chi connectivity index (χ2v) is 7.11. The third-order valence-electron chi connectivity index (χ3n) is 5.06. The molecule has 0 aromatic heterocycles. The first kappa shape index (κ1) is 19.9. The zero-order chi connectivity index (χ0) is 19.9. The second kappa shape index (κ2) is 9.37. The highest BCUT2D eigenvalue weighted by Crippen LogP contribution is 2.23. The Hall–Kier alpha value is -2.86. The molecule has 2 aromatic rings. The standard InChI is InChI=1S/C22H27N3O3/c1-28-20-8-7-18-9-11-24(15-19(18)13-20)16-22(27)25(12-10-21(23)26)14-17-5-3-2-4-6-17/h2-8,13H,9-12,14-16H2,1H3,(H2,23,26).